The van der Waals surface area contributed by atoms with E-state index in [1.807, 2.05) is 6.92 Å². The van der Waals surface area contributed by atoms with Crippen molar-refractivity contribution in [3.8, 4) is 0 Å². The lowest BCUT2D eigenvalue weighted by molar-refractivity contribution is 0.553. The van der Waals surface area contributed by atoms with Crippen molar-refractivity contribution in [2.24, 2.45) is 5.92 Å². The Morgan fingerprint density at radius 3 is 2.94 bits per heavy atom. The minimum absolute atomic E-state index is 0.0709. The Labute approximate surface area is 106 Å². The molecule has 0 spiro atoms. The molecule has 5 heteroatoms. The largest absolute Gasteiger partial charge is 0.301 e. The average molecular weight is 258 g/mol. The molecule has 1 aromatic heterocycles. The third kappa shape index (κ3) is 5.07. The van der Waals surface area contributed by atoms with Gasteiger partial charge in [0.15, 0.2) is 5.16 Å². The van der Waals surface area contributed by atoms with Crippen molar-refractivity contribution in [3.05, 3.63) is 22.1 Å². The molecule has 1 heterocycles. The summed E-state index contributed by atoms with van der Waals surface area (Å²) in [4.78, 5) is 18.2. The van der Waals surface area contributed by atoms with Gasteiger partial charge in [-0.25, -0.2) is 4.98 Å². The van der Waals surface area contributed by atoms with Crippen LogP contribution in [0.15, 0.2) is 16.0 Å². The summed E-state index contributed by atoms with van der Waals surface area (Å²) in [6.07, 6.45) is 2.27. The molecule has 0 aliphatic heterocycles. The van der Waals surface area contributed by atoms with Crippen molar-refractivity contribution in [2.75, 3.05) is 11.5 Å². The first-order chi connectivity index (χ1) is 7.61. The van der Waals surface area contributed by atoms with Gasteiger partial charge < -0.3 is 4.98 Å². The number of aromatic nitrogens is 2. The molecule has 0 amide bonds. The van der Waals surface area contributed by atoms with Gasteiger partial charge in [-0.2, -0.15) is 12.6 Å². The lowest BCUT2D eigenvalue weighted by Crippen LogP contribution is -2.08. The van der Waals surface area contributed by atoms with Gasteiger partial charge in [0.1, 0.15) is 0 Å². The Morgan fingerprint density at radius 1 is 1.56 bits per heavy atom. The average Bonchev–Trinajstić information content (AvgIpc) is 2.16. The molecular weight excluding hydrogens is 240 g/mol. The van der Waals surface area contributed by atoms with Gasteiger partial charge in [-0.3, -0.25) is 4.79 Å². The van der Waals surface area contributed by atoms with Gasteiger partial charge >= 0.3 is 0 Å². The number of hydrogen-bond donors (Lipinski definition) is 2. The maximum atomic E-state index is 11.2. The highest BCUT2D eigenvalue weighted by atomic mass is 32.2. The fourth-order valence-electron chi connectivity index (χ4n) is 1.34. The predicted octanol–water partition coefficient (Wildman–Crippen LogP) is 2.52. The van der Waals surface area contributed by atoms with E-state index in [9.17, 15) is 4.79 Å². The van der Waals surface area contributed by atoms with Gasteiger partial charge in [-0.05, 0) is 31.4 Å². The first-order valence-electron chi connectivity index (χ1n) is 5.43. The summed E-state index contributed by atoms with van der Waals surface area (Å²) in [6, 6.07) is 1.51. The SMILES string of the molecule is Cc1cc(=O)[nH]c(SCCC(C)CCS)n1. The van der Waals surface area contributed by atoms with E-state index in [0.717, 1.165) is 35.2 Å². The van der Waals surface area contributed by atoms with Crippen LogP contribution in [0.2, 0.25) is 0 Å². The van der Waals surface area contributed by atoms with Crippen LogP contribution in [-0.2, 0) is 0 Å². The first kappa shape index (κ1) is 13.6. The Morgan fingerprint density at radius 2 is 2.31 bits per heavy atom. The molecule has 0 saturated carbocycles. The number of H-pyrrole nitrogens is 1. The second-order valence-electron chi connectivity index (χ2n) is 3.95. The van der Waals surface area contributed by atoms with Gasteiger partial charge in [0, 0.05) is 17.5 Å². The summed E-state index contributed by atoms with van der Waals surface area (Å²) in [5, 5.41) is 0.725. The molecule has 1 N–H and O–H groups in total. The summed E-state index contributed by atoms with van der Waals surface area (Å²) < 4.78 is 0. The molecule has 0 aromatic carbocycles. The number of rotatable bonds is 6. The molecule has 0 fully saturated rings. The summed E-state index contributed by atoms with van der Waals surface area (Å²) in [5.41, 5.74) is 0.702. The van der Waals surface area contributed by atoms with Crippen molar-refractivity contribution < 1.29 is 0 Å². The van der Waals surface area contributed by atoms with Gasteiger partial charge in [-0.15, -0.1) is 0 Å². The molecule has 16 heavy (non-hydrogen) atoms. The number of hydrogen-bond acceptors (Lipinski definition) is 4. The number of nitrogens with zero attached hydrogens (tertiary/aromatic N) is 1. The van der Waals surface area contributed by atoms with Crippen LogP contribution in [-0.4, -0.2) is 21.5 Å². The maximum absolute atomic E-state index is 11.2. The van der Waals surface area contributed by atoms with E-state index in [0.29, 0.717) is 5.92 Å². The summed E-state index contributed by atoms with van der Waals surface area (Å²) >= 11 is 5.82. The number of thioether (sulfide) groups is 1. The highest BCUT2D eigenvalue weighted by Crippen LogP contribution is 2.17. The standard InChI is InChI=1S/C11H18N2OS2/c1-8(3-5-15)4-6-16-11-12-9(2)7-10(14)13-11/h7-8,15H,3-6H2,1-2H3,(H,12,13,14). The van der Waals surface area contributed by atoms with E-state index >= 15 is 0 Å². The molecule has 1 unspecified atom stereocenters. The van der Waals surface area contributed by atoms with Crippen LogP contribution in [0, 0.1) is 12.8 Å². The third-order valence-electron chi connectivity index (χ3n) is 2.32. The molecule has 3 nitrogen and oxygen atoms in total. The van der Waals surface area contributed by atoms with E-state index < -0.39 is 0 Å². The quantitative estimate of drug-likeness (QED) is 0.468. The van der Waals surface area contributed by atoms with Gasteiger partial charge in [0.25, 0.3) is 5.56 Å². The molecular formula is C11H18N2OS2. The Kier molecular flexibility index (Phi) is 5.98. The van der Waals surface area contributed by atoms with Gasteiger partial charge in [0.05, 0.1) is 0 Å². The van der Waals surface area contributed by atoms with E-state index in [1.165, 1.54) is 6.07 Å². The molecule has 0 aliphatic rings. The molecule has 1 aromatic rings. The van der Waals surface area contributed by atoms with Crippen LogP contribution in [0.4, 0.5) is 0 Å². The molecule has 0 saturated heterocycles. The van der Waals surface area contributed by atoms with Crippen LogP contribution in [0.1, 0.15) is 25.5 Å². The first-order valence-corrected chi connectivity index (χ1v) is 7.05. The summed E-state index contributed by atoms with van der Waals surface area (Å²) in [6.45, 7) is 4.06. The summed E-state index contributed by atoms with van der Waals surface area (Å²) in [7, 11) is 0. The number of aryl methyl sites for hydroxylation is 1. The molecule has 0 bridgehead atoms. The number of nitrogens with one attached hydrogen (secondary N) is 1. The Balaban J connectivity index is 2.40. The van der Waals surface area contributed by atoms with Crippen molar-refractivity contribution in [2.45, 2.75) is 31.8 Å². The minimum atomic E-state index is -0.0709. The van der Waals surface area contributed by atoms with Crippen LogP contribution < -0.4 is 5.56 Å². The third-order valence-corrected chi connectivity index (χ3v) is 3.48. The zero-order valence-electron chi connectivity index (χ0n) is 9.69. The Bertz CT molecular complexity index is 378. The maximum Gasteiger partial charge on any atom is 0.251 e. The van der Waals surface area contributed by atoms with E-state index in [-0.39, 0.29) is 5.56 Å². The number of thiol groups is 1. The van der Waals surface area contributed by atoms with Crippen LogP contribution in [0.25, 0.3) is 0 Å². The van der Waals surface area contributed by atoms with E-state index in [4.69, 9.17) is 0 Å². The lowest BCUT2D eigenvalue weighted by Gasteiger charge is -2.08. The topological polar surface area (TPSA) is 45.8 Å². The van der Waals surface area contributed by atoms with Crippen molar-refractivity contribution in [1.29, 1.82) is 0 Å². The smallest absolute Gasteiger partial charge is 0.251 e. The molecule has 0 aliphatic carbocycles. The van der Waals surface area contributed by atoms with Crippen LogP contribution in [0.5, 0.6) is 0 Å². The lowest BCUT2D eigenvalue weighted by atomic mass is 10.1. The van der Waals surface area contributed by atoms with Crippen LogP contribution in [0.3, 0.4) is 0 Å². The fourth-order valence-corrected chi connectivity index (χ4v) is 2.88. The highest BCUT2D eigenvalue weighted by molar-refractivity contribution is 7.99. The second-order valence-corrected chi connectivity index (χ2v) is 5.48. The van der Waals surface area contributed by atoms with Crippen molar-refractivity contribution in [3.63, 3.8) is 0 Å². The van der Waals surface area contributed by atoms with Gasteiger partial charge in [-0.1, -0.05) is 18.7 Å². The monoisotopic (exact) mass is 258 g/mol. The van der Waals surface area contributed by atoms with E-state index in [2.05, 4.69) is 29.5 Å². The highest BCUT2D eigenvalue weighted by Gasteiger charge is 2.03. The molecule has 1 atom stereocenters. The normalized spacial score (nSPS) is 12.7. The number of aromatic amines is 1. The zero-order valence-corrected chi connectivity index (χ0v) is 11.4. The van der Waals surface area contributed by atoms with Crippen molar-refractivity contribution >= 4 is 24.4 Å². The second kappa shape index (κ2) is 7.01. The van der Waals surface area contributed by atoms with Gasteiger partial charge in [0.2, 0.25) is 0 Å². The molecule has 0 radical (unpaired) electrons. The Hall–Kier alpha value is -0.420. The van der Waals surface area contributed by atoms with E-state index in [1.54, 1.807) is 11.8 Å². The minimum Gasteiger partial charge on any atom is -0.301 e. The van der Waals surface area contributed by atoms with Crippen LogP contribution >= 0.6 is 24.4 Å². The predicted molar refractivity (Wildman–Crippen MR) is 72.6 cm³/mol. The molecule has 1 rings (SSSR count). The van der Waals surface area contributed by atoms with Crippen molar-refractivity contribution in [1.82, 2.24) is 9.97 Å². The fraction of sp³-hybridized carbons (Fsp3) is 0.636. The summed E-state index contributed by atoms with van der Waals surface area (Å²) in [5.74, 6) is 2.61. The molecule has 90 valence electrons. The zero-order chi connectivity index (χ0) is 12.0.